The Bertz CT molecular complexity index is 534. The topological polar surface area (TPSA) is 61.4 Å². The first-order valence-electron chi connectivity index (χ1n) is 6.64. The maximum atomic E-state index is 12.0. The fourth-order valence-electron chi connectivity index (χ4n) is 1.62. The standard InChI is InChI=1S/C14H25N3O2S/c1-14(2,3)16-10-9-15-12-7-6-8-13(11-12)20(18,19)17(4)5/h6-8,11,15-16H,9-10H2,1-5H3. The lowest BCUT2D eigenvalue weighted by Gasteiger charge is -2.20. The second-order valence-electron chi connectivity index (χ2n) is 5.92. The quantitative estimate of drug-likeness (QED) is 0.786. The van der Waals surface area contributed by atoms with Crippen molar-refractivity contribution in [1.29, 1.82) is 0 Å². The van der Waals surface area contributed by atoms with E-state index in [2.05, 4.69) is 31.4 Å². The van der Waals surface area contributed by atoms with Gasteiger partial charge in [-0.3, -0.25) is 0 Å². The third-order valence-corrected chi connectivity index (χ3v) is 4.53. The summed E-state index contributed by atoms with van der Waals surface area (Å²) in [4.78, 5) is 0.302. The Kier molecular flexibility index (Phi) is 5.56. The van der Waals surface area contributed by atoms with Gasteiger partial charge in [0.1, 0.15) is 0 Å². The van der Waals surface area contributed by atoms with Crippen LogP contribution in [-0.2, 0) is 10.0 Å². The first-order valence-corrected chi connectivity index (χ1v) is 8.08. The van der Waals surface area contributed by atoms with E-state index in [1.165, 1.54) is 18.4 Å². The van der Waals surface area contributed by atoms with Crippen LogP contribution in [0.4, 0.5) is 5.69 Å². The predicted octanol–water partition coefficient (Wildman–Crippen LogP) is 1.74. The average molecular weight is 299 g/mol. The molecule has 1 aromatic carbocycles. The Morgan fingerprint density at radius 3 is 2.35 bits per heavy atom. The molecule has 2 N–H and O–H groups in total. The fraction of sp³-hybridized carbons (Fsp3) is 0.571. The molecule has 0 spiro atoms. The summed E-state index contributed by atoms with van der Waals surface area (Å²) >= 11 is 0. The summed E-state index contributed by atoms with van der Waals surface area (Å²) in [7, 11) is -0.315. The molecule has 0 radical (unpaired) electrons. The summed E-state index contributed by atoms with van der Waals surface area (Å²) in [5.41, 5.74) is 0.890. The van der Waals surface area contributed by atoms with Crippen LogP contribution in [0, 0.1) is 0 Å². The van der Waals surface area contributed by atoms with Gasteiger partial charge in [0.15, 0.2) is 0 Å². The predicted molar refractivity (Wildman–Crippen MR) is 83.6 cm³/mol. The number of nitrogens with one attached hydrogen (secondary N) is 2. The third kappa shape index (κ3) is 5.11. The molecule has 0 aliphatic heterocycles. The molecule has 0 bridgehead atoms. The van der Waals surface area contributed by atoms with Crippen LogP contribution in [0.2, 0.25) is 0 Å². The number of sulfonamides is 1. The molecule has 0 saturated heterocycles. The molecular formula is C14H25N3O2S. The number of anilines is 1. The molecule has 0 aliphatic carbocycles. The maximum Gasteiger partial charge on any atom is 0.242 e. The molecule has 0 atom stereocenters. The largest absolute Gasteiger partial charge is 0.384 e. The lowest BCUT2D eigenvalue weighted by molar-refractivity contribution is 0.435. The fourth-order valence-corrected chi connectivity index (χ4v) is 2.57. The molecule has 0 aliphatic rings. The van der Waals surface area contributed by atoms with Crippen molar-refractivity contribution < 1.29 is 8.42 Å². The van der Waals surface area contributed by atoms with E-state index in [1.54, 1.807) is 18.2 Å². The Labute approximate surface area is 122 Å². The van der Waals surface area contributed by atoms with E-state index in [4.69, 9.17) is 0 Å². The summed E-state index contributed by atoms with van der Waals surface area (Å²) in [5, 5.41) is 6.59. The first kappa shape index (κ1) is 16.9. The van der Waals surface area contributed by atoms with Gasteiger partial charge in [0.2, 0.25) is 10.0 Å². The average Bonchev–Trinajstić information content (AvgIpc) is 2.34. The van der Waals surface area contributed by atoms with Crippen LogP contribution in [0.5, 0.6) is 0 Å². The van der Waals surface area contributed by atoms with E-state index >= 15 is 0 Å². The highest BCUT2D eigenvalue weighted by Gasteiger charge is 2.17. The van der Waals surface area contributed by atoms with Gasteiger partial charge in [-0.25, -0.2) is 12.7 Å². The van der Waals surface area contributed by atoms with Crippen molar-refractivity contribution in [2.45, 2.75) is 31.2 Å². The molecule has 5 nitrogen and oxygen atoms in total. The van der Waals surface area contributed by atoms with Crippen molar-refractivity contribution in [3.05, 3.63) is 24.3 Å². The van der Waals surface area contributed by atoms with Crippen LogP contribution in [-0.4, -0.2) is 45.4 Å². The van der Waals surface area contributed by atoms with Crippen LogP contribution in [0.3, 0.4) is 0 Å². The second-order valence-corrected chi connectivity index (χ2v) is 8.07. The molecule has 1 aromatic rings. The van der Waals surface area contributed by atoms with E-state index in [0.29, 0.717) is 4.90 Å². The van der Waals surface area contributed by atoms with Gasteiger partial charge in [0, 0.05) is 38.4 Å². The summed E-state index contributed by atoms with van der Waals surface area (Å²) in [6.07, 6.45) is 0. The van der Waals surface area contributed by atoms with Gasteiger partial charge in [0.25, 0.3) is 0 Å². The first-order chi connectivity index (χ1) is 9.13. The van der Waals surface area contributed by atoms with Gasteiger partial charge in [0.05, 0.1) is 4.90 Å². The lowest BCUT2D eigenvalue weighted by atomic mass is 10.1. The van der Waals surface area contributed by atoms with Gasteiger partial charge in [-0.15, -0.1) is 0 Å². The van der Waals surface area contributed by atoms with Gasteiger partial charge >= 0.3 is 0 Å². The molecule has 0 saturated carbocycles. The van der Waals surface area contributed by atoms with Crippen LogP contribution in [0.1, 0.15) is 20.8 Å². The zero-order valence-electron chi connectivity index (χ0n) is 12.9. The third-order valence-electron chi connectivity index (χ3n) is 2.72. The van der Waals surface area contributed by atoms with Crippen molar-refractivity contribution in [3.8, 4) is 0 Å². The number of hydrogen-bond acceptors (Lipinski definition) is 4. The molecule has 0 heterocycles. The Balaban J connectivity index is 2.66. The monoisotopic (exact) mass is 299 g/mol. The minimum atomic E-state index is -3.38. The van der Waals surface area contributed by atoms with Crippen LogP contribution in [0.15, 0.2) is 29.2 Å². The molecule has 0 amide bonds. The minimum Gasteiger partial charge on any atom is -0.384 e. The summed E-state index contributed by atoms with van der Waals surface area (Å²) in [6.45, 7) is 7.88. The zero-order valence-corrected chi connectivity index (χ0v) is 13.7. The van der Waals surface area contributed by atoms with E-state index in [0.717, 1.165) is 18.8 Å². The van der Waals surface area contributed by atoms with Crippen molar-refractivity contribution >= 4 is 15.7 Å². The highest BCUT2D eigenvalue weighted by molar-refractivity contribution is 7.89. The number of benzene rings is 1. The zero-order chi connectivity index (χ0) is 15.4. The molecule has 114 valence electrons. The maximum absolute atomic E-state index is 12.0. The van der Waals surface area contributed by atoms with Gasteiger partial charge in [-0.05, 0) is 39.0 Å². The SMILES string of the molecule is CN(C)S(=O)(=O)c1cccc(NCCNC(C)(C)C)c1. The summed E-state index contributed by atoms with van der Waals surface area (Å²) in [6, 6.07) is 6.88. The summed E-state index contributed by atoms with van der Waals surface area (Å²) in [5.74, 6) is 0. The van der Waals surface area contributed by atoms with E-state index in [1.807, 2.05) is 6.07 Å². The molecule has 20 heavy (non-hydrogen) atoms. The smallest absolute Gasteiger partial charge is 0.242 e. The number of hydrogen-bond donors (Lipinski definition) is 2. The molecule has 1 rings (SSSR count). The second kappa shape index (κ2) is 6.56. The Morgan fingerprint density at radius 2 is 1.80 bits per heavy atom. The van der Waals surface area contributed by atoms with E-state index < -0.39 is 10.0 Å². The van der Waals surface area contributed by atoms with Gasteiger partial charge in [-0.2, -0.15) is 0 Å². The minimum absolute atomic E-state index is 0.0811. The van der Waals surface area contributed by atoms with E-state index in [9.17, 15) is 8.42 Å². The Hall–Kier alpha value is -1.11. The lowest BCUT2D eigenvalue weighted by Crippen LogP contribution is -2.38. The summed E-state index contributed by atoms with van der Waals surface area (Å²) < 4.78 is 25.3. The van der Waals surface area contributed by atoms with Gasteiger partial charge in [-0.1, -0.05) is 6.07 Å². The molecule has 6 heteroatoms. The van der Waals surface area contributed by atoms with E-state index in [-0.39, 0.29) is 5.54 Å². The molecular weight excluding hydrogens is 274 g/mol. The Morgan fingerprint density at radius 1 is 1.15 bits per heavy atom. The number of rotatable bonds is 6. The van der Waals surface area contributed by atoms with Crippen LogP contribution < -0.4 is 10.6 Å². The van der Waals surface area contributed by atoms with Gasteiger partial charge < -0.3 is 10.6 Å². The molecule has 0 fully saturated rings. The van der Waals surface area contributed by atoms with Crippen LogP contribution >= 0.6 is 0 Å². The normalized spacial score (nSPS) is 12.7. The highest BCUT2D eigenvalue weighted by Crippen LogP contribution is 2.17. The van der Waals surface area contributed by atoms with Crippen molar-refractivity contribution in [1.82, 2.24) is 9.62 Å². The van der Waals surface area contributed by atoms with Crippen LogP contribution in [0.25, 0.3) is 0 Å². The molecule has 0 unspecified atom stereocenters. The highest BCUT2D eigenvalue weighted by atomic mass is 32.2. The van der Waals surface area contributed by atoms with Crippen molar-refractivity contribution in [2.24, 2.45) is 0 Å². The van der Waals surface area contributed by atoms with Crippen molar-refractivity contribution in [2.75, 3.05) is 32.5 Å². The molecule has 0 aromatic heterocycles. The van der Waals surface area contributed by atoms with Crippen molar-refractivity contribution in [3.63, 3.8) is 0 Å². The number of nitrogens with zero attached hydrogens (tertiary/aromatic N) is 1.